The smallest absolute Gasteiger partial charge is 0.407 e. The molecule has 1 amide bonds. The molecular formula is C19H19N3O5. The van der Waals surface area contributed by atoms with Crippen LogP contribution in [0.5, 0.6) is 0 Å². The second-order valence-electron chi connectivity index (χ2n) is 6.29. The van der Waals surface area contributed by atoms with Crippen LogP contribution in [0.2, 0.25) is 0 Å². The van der Waals surface area contributed by atoms with E-state index in [1.807, 2.05) is 31.2 Å². The minimum Gasteiger partial charge on any atom is -0.407 e. The zero-order valence-electron chi connectivity index (χ0n) is 14.8. The van der Waals surface area contributed by atoms with E-state index in [4.69, 9.17) is 4.42 Å². The number of aryl methyl sites for hydroxylation is 2. The van der Waals surface area contributed by atoms with Crippen LogP contribution < -0.4 is 11.1 Å². The Morgan fingerprint density at radius 3 is 2.67 bits per heavy atom. The molecule has 1 N–H and O–H groups in total. The third kappa shape index (κ3) is 4.41. The number of non-ortho nitro benzene ring substituents is 1. The predicted molar refractivity (Wildman–Crippen MR) is 99.4 cm³/mol. The largest absolute Gasteiger partial charge is 0.419 e. The Labute approximate surface area is 154 Å². The van der Waals surface area contributed by atoms with Gasteiger partial charge in [0.25, 0.3) is 5.69 Å². The second-order valence-corrected chi connectivity index (χ2v) is 6.29. The van der Waals surface area contributed by atoms with Gasteiger partial charge in [-0.2, -0.15) is 0 Å². The number of fused-ring (bicyclic) bond motifs is 1. The number of hydrogen-bond donors (Lipinski definition) is 1. The Hall–Kier alpha value is -3.42. The fourth-order valence-electron chi connectivity index (χ4n) is 2.77. The number of aromatic nitrogens is 1. The fraction of sp³-hybridized carbons (Fsp3) is 0.263. The van der Waals surface area contributed by atoms with E-state index in [0.717, 1.165) is 11.1 Å². The lowest BCUT2D eigenvalue weighted by Gasteiger charge is -2.06. The first-order valence-electron chi connectivity index (χ1n) is 8.54. The Balaban J connectivity index is 1.56. The zero-order valence-corrected chi connectivity index (χ0v) is 14.8. The van der Waals surface area contributed by atoms with Crippen molar-refractivity contribution in [1.82, 2.24) is 9.88 Å². The molecule has 8 heteroatoms. The van der Waals surface area contributed by atoms with Crippen molar-refractivity contribution < 1.29 is 14.1 Å². The molecule has 0 saturated heterocycles. The van der Waals surface area contributed by atoms with E-state index in [1.54, 1.807) is 0 Å². The van der Waals surface area contributed by atoms with Crippen molar-refractivity contribution in [2.24, 2.45) is 0 Å². The maximum atomic E-state index is 12.0. The topological polar surface area (TPSA) is 107 Å². The summed E-state index contributed by atoms with van der Waals surface area (Å²) >= 11 is 0. The maximum Gasteiger partial charge on any atom is 0.419 e. The summed E-state index contributed by atoms with van der Waals surface area (Å²) in [7, 11) is 0. The van der Waals surface area contributed by atoms with Crippen molar-refractivity contribution in [3.8, 4) is 0 Å². The number of amides is 1. The predicted octanol–water partition coefficient (Wildman–Crippen LogP) is 2.91. The van der Waals surface area contributed by atoms with Crippen LogP contribution in [0.15, 0.2) is 51.7 Å². The number of nitro benzene ring substituents is 1. The molecule has 0 radical (unpaired) electrons. The highest BCUT2D eigenvalue weighted by Gasteiger charge is 2.14. The number of nitro groups is 1. The average Bonchev–Trinajstić information content (AvgIpc) is 2.96. The molecule has 0 aliphatic carbocycles. The van der Waals surface area contributed by atoms with Crippen LogP contribution in [0.4, 0.5) is 5.69 Å². The molecule has 0 atom stereocenters. The number of rotatable bonds is 7. The van der Waals surface area contributed by atoms with Gasteiger partial charge in [0.1, 0.15) is 0 Å². The van der Waals surface area contributed by atoms with Crippen molar-refractivity contribution in [3.05, 3.63) is 74.3 Å². The van der Waals surface area contributed by atoms with E-state index in [0.29, 0.717) is 25.0 Å². The van der Waals surface area contributed by atoms with Gasteiger partial charge < -0.3 is 9.73 Å². The van der Waals surface area contributed by atoms with Crippen LogP contribution in [0.1, 0.15) is 24.0 Å². The minimum atomic E-state index is -0.592. The molecule has 0 unspecified atom stereocenters. The second kappa shape index (κ2) is 7.86. The van der Waals surface area contributed by atoms with Crippen molar-refractivity contribution in [3.63, 3.8) is 0 Å². The summed E-state index contributed by atoms with van der Waals surface area (Å²) in [6.45, 7) is 2.75. The summed E-state index contributed by atoms with van der Waals surface area (Å²) < 4.78 is 6.45. The number of nitrogens with one attached hydrogen (secondary N) is 1. The molecule has 0 bridgehead atoms. The first-order valence-corrected chi connectivity index (χ1v) is 8.54. The number of carbonyl (C=O) groups excluding carboxylic acids is 1. The molecule has 0 aliphatic heterocycles. The van der Waals surface area contributed by atoms with Gasteiger partial charge in [-0.05, 0) is 25.0 Å². The van der Waals surface area contributed by atoms with Gasteiger partial charge in [-0.25, -0.2) is 4.79 Å². The van der Waals surface area contributed by atoms with E-state index in [2.05, 4.69) is 5.32 Å². The van der Waals surface area contributed by atoms with Crippen LogP contribution in [0.25, 0.3) is 11.1 Å². The summed E-state index contributed by atoms with van der Waals surface area (Å²) in [6.07, 6.45) is 0.712. The average molecular weight is 369 g/mol. The minimum absolute atomic E-state index is 0.105. The summed E-state index contributed by atoms with van der Waals surface area (Å²) in [6, 6.07) is 11.9. The highest BCUT2D eigenvalue weighted by atomic mass is 16.6. The number of hydrogen-bond acceptors (Lipinski definition) is 5. The molecule has 0 spiro atoms. The molecule has 1 aromatic heterocycles. The van der Waals surface area contributed by atoms with Gasteiger partial charge in [-0.3, -0.25) is 19.5 Å². The Morgan fingerprint density at radius 1 is 1.22 bits per heavy atom. The number of nitrogens with zero attached hydrogens (tertiary/aromatic N) is 2. The van der Waals surface area contributed by atoms with Gasteiger partial charge in [0.2, 0.25) is 5.91 Å². The van der Waals surface area contributed by atoms with Gasteiger partial charge >= 0.3 is 5.76 Å². The van der Waals surface area contributed by atoms with Crippen LogP contribution in [0.3, 0.4) is 0 Å². The SMILES string of the molecule is Cc1ccc(CNC(=O)CCCn2c(=O)oc3cc([N+](=O)[O-])ccc32)cc1. The quantitative estimate of drug-likeness (QED) is 0.509. The first kappa shape index (κ1) is 18.4. The van der Waals surface area contributed by atoms with Crippen LogP contribution in [-0.4, -0.2) is 15.4 Å². The van der Waals surface area contributed by atoms with Crippen LogP contribution in [0, 0.1) is 17.0 Å². The van der Waals surface area contributed by atoms with E-state index in [9.17, 15) is 19.7 Å². The molecule has 1 heterocycles. The van der Waals surface area contributed by atoms with Crippen LogP contribution >= 0.6 is 0 Å². The van der Waals surface area contributed by atoms with Gasteiger partial charge in [-0.1, -0.05) is 29.8 Å². The summed E-state index contributed by atoms with van der Waals surface area (Å²) in [5.74, 6) is -0.697. The first-order chi connectivity index (χ1) is 12.9. The van der Waals surface area contributed by atoms with Crippen molar-refractivity contribution in [2.75, 3.05) is 0 Å². The molecule has 0 saturated carbocycles. The fourth-order valence-corrected chi connectivity index (χ4v) is 2.77. The number of benzene rings is 2. The molecule has 27 heavy (non-hydrogen) atoms. The highest BCUT2D eigenvalue weighted by molar-refractivity contribution is 5.76. The molecule has 3 aromatic rings. The van der Waals surface area contributed by atoms with Gasteiger partial charge in [0, 0.05) is 25.6 Å². The lowest BCUT2D eigenvalue weighted by atomic mass is 10.1. The molecule has 140 valence electrons. The summed E-state index contributed by atoms with van der Waals surface area (Å²) in [5, 5.41) is 13.6. The summed E-state index contributed by atoms with van der Waals surface area (Å²) in [5.41, 5.74) is 2.68. The lowest BCUT2D eigenvalue weighted by Crippen LogP contribution is -2.23. The van der Waals surface area contributed by atoms with Gasteiger partial charge in [0.15, 0.2) is 5.58 Å². The standard InChI is InChI=1S/C19H19N3O5/c1-13-4-6-14(7-5-13)12-20-18(23)3-2-10-21-16-9-8-15(22(25)26)11-17(16)27-19(21)24/h4-9,11H,2-3,10,12H2,1H3,(H,20,23). The molecule has 3 rings (SSSR count). The monoisotopic (exact) mass is 369 g/mol. The maximum absolute atomic E-state index is 12.0. The molecule has 0 fully saturated rings. The Morgan fingerprint density at radius 2 is 1.96 bits per heavy atom. The number of oxazole rings is 1. The third-order valence-electron chi connectivity index (χ3n) is 4.26. The zero-order chi connectivity index (χ0) is 19.4. The molecule has 2 aromatic carbocycles. The normalized spacial score (nSPS) is 10.9. The molecule has 8 nitrogen and oxygen atoms in total. The van der Waals surface area contributed by atoms with Gasteiger partial charge in [-0.15, -0.1) is 0 Å². The van der Waals surface area contributed by atoms with E-state index >= 15 is 0 Å². The van der Waals surface area contributed by atoms with E-state index in [1.165, 1.54) is 22.8 Å². The van der Waals surface area contributed by atoms with Crippen molar-refractivity contribution in [2.45, 2.75) is 32.9 Å². The van der Waals surface area contributed by atoms with E-state index < -0.39 is 10.7 Å². The Kier molecular flexibility index (Phi) is 5.35. The highest BCUT2D eigenvalue weighted by Crippen LogP contribution is 2.20. The lowest BCUT2D eigenvalue weighted by molar-refractivity contribution is -0.384. The Bertz CT molecular complexity index is 1030. The van der Waals surface area contributed by atoms with Crippen LogP contribution in [-0.2, 0) is 17.9 Å². The van der Waals surface area contributed by atoms with Gasteiger partial charge in [0.05, 0.1) is 16.5 Å². The summed E-state index contributed by atoms with van der Waals surface area (Å²) in [4.78, 5) is 34.2. The third-order valence-corrected chi connectivity index (χ3v) is 4.26. The number of carbonyl (C=O) groups is 1. The van der Waals surface area contributed by atoms with Crippen molar-refractivity contribution >= 4 is 22.7 Å². The van der Waals surface area contributed by atoms with E-state index in [-0.39, 0.29) is 23.6 Å². The molecule has 0 aliphatic rings. The van der Waals surface area contributed by atoms with Crippen molar-refractivity contribution in [1.29, 1.82) is 0 Å². The molecular weight excluding hydrogens is 350 g/mol.